The molecule has 0 N–H and O–H groups in total. The van der Waals surface area contributed by atoms with Crippen molar-refractivity contribution >= 4 is 21.5 Å². The molecule has 0 bridgehead atoms. The maximum atomic E-state index is 4.19. The predicted molar refractivity (Wildman–Crippen MR) is 113 cm³/mol. The molecule has 0 radical (unpaired) electrons. The van der Waals surface area contributed by atoms with Gasteiger partial charge >= 0.3 is 0 Å². The largest absolute Gasteiger partial charge is 0.0987 e. The van der Waals surface area contributed by atoms with Gasteiger partial charge in [0, 0.05) is 10.0 Å². The van der Waals surface area contributed by atoms with E-state index in [9.17, 15) is 0 Å². The molecule has 5 rings (SSSR count). The quantitative estimate of drug-likeness (QED) is 0.441. The number of benzene rings is 3. The van der Waals surface area contributed by atoms with Crippen molar-refractivity contribution in [3.8, 4) is 11.1 Å². The molecule has 3 aromatic rings. The summed E-state index contributed by atoms with van der Waals surface area (Å²) in [7, 11) is 0. The van der Waals surface area contributed by atoms with E-state index in [0.717, 1.165) is 4.47 Å². The van der Waals surface area contributed by atoms with Crippen molar-refractivity contribution in [1.82, 2.24) is 0 Å². The number of fused-ring (bicyclic) bond motifs is 7. The highest BCUT2D eigenvalue weighted by Crippen LogP contribution is 2.62. The summed E-state index contributed by atoms with van der Waals surface area (Å²) in [6.07, 6.45) is 3.99. The number of hydrogen-bond donors (Lipinski definition) is 0. The fraction of sp³-hybridized carbons (Fsp3) is 0.0400. The first kappa shape index (κ1) is 15.6. The molecule has 0 fully saturated rings. The van der Waals surface area contributed by atoms with Crippen molar-refractivity contribution in [2.45, 2.75) is 5.41 Å². The van der Waals surface area contributed by atoms with E-state index in [1.54, 1.807) is 0 Å². The molecular weight excluding hydrogens is 380 g/mol. The van der Waals surface area contributed by atoms with Gasteiger partial charge in [0.25, 0.3) is 0 Å². The molecule has 0 nitrogen and oxygen atoms in total. The Kier molecular flexibility index (Phi) is 3.26. The van der Waals surface area contributed by atoms with E-state index in [1.165, 1.54) is 44.5 Å². The van der Waals surface area contributed by atoms with Crippen LogP contribution in [0, 0.1) is 0 Å². The lowest BCUT2D eigenvalue weighted by Crippen LogP contribution is -2.26. The van der Waals surface area contributed by atoms with Crippen LogP contribution in [0.15, 0.2) is 102 Å². The van der Waals surface area contributed by atoms with Gasteiger partial charge in [-0.2, -0.15) is 0 Å². The van der Waals surface area contributed by atoms with Gasteiger partial charge in [0.1, 0.15) is 0 Å². The lowest BCUT2D eigenvalue weighted by Gasteiger charge is -2.31. The lowest BCUT2D eigenvalue weighted by atomic mass is 9.69. The van der Waals surface area contributed by atoms with Gasteiger partial charge in [-0.25, -0.2) is 0 Å². The number of allylic oxidation sites excluding steroid dienone is 4. The Hall–Kier alpha value is -2.64. The second kappa shape index (κ2) is 5.43. The van der Waals surface area contributed by atoms with Gasteiger partial charge in [-0.3, -0.25) is 0 Å². The first-order valence-corrected chi connectivity index (χ1v) is 9.52. The van der Waals surface area contributed by atoms with Gasteiger partial charge in [-0.1, -0.05) is 102 Å². The fourth-order valence-electron chi connectivity index (χ4n) is 4.88. The van der Waals surface area contributed by atoms with Crippen LogP contribution in [0.1, 0.15) is 22.3 Å². The van der Waals surface area contributed by atoms with Crippen LogP contribution in [0.5, 0.6) is 0 Å². The van der Waals surface area contributed by atoms with E-state index >= 15 is 0 Å². The molecule has 2 aliphatic rings. The Labute approximate surface area is 162 Å². The van der Waals surface area contributed by atoms with Crippen LogP contribution in [0.2, 0.25) is 0 Å². The molecule has 3 aromatic carbocycles. The topological polar surface area (TPSA) is 0 Å². The molecule has 0 aromatic heterocycles. The van der Waals surface area contributed by atoms with Gasteiger partial charge in [-0.15, -0.1) is 0 Å². The van der Waals surface area contributed by atoms with Gasteiger partial charge in [0.2, 0.25) is 0 Å². The molecule has 0 amide bonds. The van der Waals surface area contributed by atoms with Crippen LogP contribution in [-0.2, 0) is 5.41 Å². The van der Waals surface area contributed by atoms with Crippen LogP contribution < -0.4 is 0 Å². The van der Waals surface area contributed by atoms with Crippen molar-refractivity contribution in [2.24, 2.45) is 0 Å². The number of halogens is 1. The van der Waals surface area contributed by atoms with E-state index in [2.05, 4.69) is 95.8 Å². The van der Waals surface area contributed by atoms with Gasteiger partial charge < -0.3 is 0 Å². The smallest absolute Gasteiger partial charge is 0.0725 e. The third-order valence-corrected chi connectivity index (χ3v) is 6.40. The average Bonchev–Trinajstić information content (AvgIpc) is 3.14. The summed E-state index contributed by atoms with van der Waals surface area (Å²) in [5, 5.41) is 0. The summed E-state index contributed by atoms with van der Waals surface area (Å²) in [5.74, 6) is 0. The maximum Gasteiger partial charge on any atom is 0.0725 e. The third kappa shape index (κ3) is 1.65. The highest BCUT2D eigenvalue weighted by Gasteiger charge is 2.51. The molecule has 1 spiro atoms. The zero-order chi connectivity index (χ0) is 17.9. The van der Waals surface area contributed by atoms with E-state index in [0.29, 0.717) is 0 Å². The molecule has 0 saturated carbocycles. The summed E-state index contributed by atoms with van der Waals surface area (Å²) in [6.45, 7) is 8.30. The first-order chi connectivity index (χ1) is 12.7. The van der Waals surface area contributed by atoms with E-state index in [1.807, 2.05) is 12.2 Å². The molecule has 1 unspecified atom stereocenters. The molecule has 26 heavy (non-hydrogen) atoms. The Morgan fingerprint density at radius 1 is 0.692 bits per heavy atom. The third-order valence-electron chi connectivity index (χ3n) is 5.74. The van der Waals surface area contributed by atoms with Crippen LogP contribution in [0.25, 0.3) is 16.7 Å². The van der Waals surface area contributed by atoms with E-state index in [-0.39, 0.29) is 5.41 Å². The first-order valence-electron chi connectivity index (χ1n) is 8.73. The minimum Gasteiger partial charge on any atom is -0.0987 e. The van der Waals surface area contributed by atoms with E-state index < -0.39 is 0 Å². The van der Waals surface area contributed by atoms with Crippen molar-refractivity contribution in [3.63, 3.8) is 0 Å². The van der Waals surface area contributed by atoms with E-state index in [4.69, 9.17) is 0 Å². The average molecular weight is 397 g/mol. The summed E-state index contributed by atoms with van der Waals surface area (Å²) < 4.78 is 1.13. The van der Waals surface area contributed by atoms with Gasteiger partial charge in [0.05, 0.1) is 5.41 Å². The SMILES string of the molecule is C=CC1=C(C=C)C2(c3ccccc31)c1ccccc1-c1c(Br)cccc12. The van der Waals surface area contributed by atoms with Gasteiger partial charge in [-0.05, 0) is 45.0 Å². The summed E-state index contributed by atoms with van der Waals surface area (Å²) in [4.78, 5) is 0. The Balaban J connectivity index is 2.06. The van der Waals surface area contributed by atoms with Crippen molar-refractivity contribution in [3.05, 3.63) is 124 Å². The molecule has 124 valence electrons. The Bertz CT molecular complexity index is 1130. The van der Waals surface area contributed by atoms with Crippen molar-refractivity contribution < 1.29 is 0 Å². The maximum absolute atomic E-state index is 4.19. The van der Waals surface area contributed by atoms with Crippen molar-refractivity contribution in [2.75, 3.05) is 0 Å². The van der Waals surface area contributed by atoms with Crippen LogP contribution in [0.4, 0.5) is 0 Å². The summed E-state index contributed by atoms with van der Waals surface area (Å²) in [5.41, 5.74) is 9.84. The molecule has 0 saturated heterocycles. The highest BCUT2D eigenvalue weighted by atomic mass is 79.9. The van der Waals surface area contributed by atoms with Crippen LogP contribution in [-0.4, -0.2) is 0 Å². The summed E-state index contributed by atoms with van der Waals surface area (Å²) in [6, 6.07) is 23.9. The van der Waals surface area contributed by atoms with Crippen molar-refractivity contribution in [1.29, 1.82) is 0 Å². The highest BCUT2D eigenvalue weighted by molar-refractivity contribution is 9.10. The second-order valence-corrected chi connectivity index (χ2v) is 7.59. The number of hydrogen-bond acceptors (Lipinski definition) is 0. The van der Waals surface area contributed by atoms with Crippen LogP contribution in [0.3, 0.4) is 0 Å². The molecule has 1 atom stereocenters. The zero-order valence-electron chi connectivity index (χ0n) is 14.3. The monoisotopic (exact) mass is 396 g/mol. The molecular formula is C25H17Br. The summed E-state index contributed by atoms with van der Waals surface area (Å²) >= 11 is 3.80. The zero-order valence-corrected chi connectivity index (χ0v) is 15.9. The molecule has 0 aliphatic heterocycles. The lowest BCUT2D eigenvalue weighted by molar-refractivity contribution is 0.786. The molecule has 0 heterocycles. The van der Waals surface area contributed by atoms with Gasteiger partial charge in [0.15, 0.2) is 0 Å². The minimum atomic E-state index is -0.322. The fourth-order valence-corrected chi connectivity index (χ4v) is 5.46. The minimum absolute atomic E-state index is 0.322. The Morgan fingerprint density at radius 3 is 2.00 bits per heavy atom. The molecule has 1 heteroatoms. The molecule has 2 aliphatic carbocycles. The Morgan fingerprint density at radius 2 is 1.31 bits per heavy atom. The normalized spacial score (nSPS) is 19.3. The second-order valence-electron chi connectivity index (χ2n) is 6.74. The number of rotatable bonds is 2. The van der Waals surface area contributed by atoms with Crippen LogP contribution >= 0.6 is 15.9 Å². The predicted octanol–water partition coefficient (Wildman–Crippen LogP) is 6.90. The standard InChI is InChI=1S/C25H17Br/c1-3-16-17-10-5-7-12-20(17)25(19(16)4-2)21-13-8-6-11-18(21)24-22(25)14-9-15-23(24)26/h3-15H,1-2H2.